The number of aliphatic hydroxyl groups is 1. The number of hydrogen-bond donors (Lipinski definition) is 6. The highest BCUT2D eigenvalue weighted by atomic mass is 32.1. The first kappa shape index (κ1) is 58.8. The fourth-order valence-electron chi connectivity index (χ4n) is 10.5. The molecule has 0 radical (unpaired) electrons. The standard InChI is InChI=1S/C59H78N8O10S/c1-34-37(15-11-10-12-20-49(70)65-52(58(4,5)6)56(74)66-31-43(68)30-45(66)53(71)62-35(2)38-21-23-40(24-22-38)51-36(3)61-33-78-51)16-14-19-47(34)76-32-42(26-28-48(60)69)63-54(72)46-29-41-18-13-17-39-25-27-44(55(73)67(46)50(39)41)64-57(75)77-59(7,8)9/h13-14,16-19,21-24,33,35,42-46,52,68H,10-12,15,20,25-32H2,1-9H3,(H2,60,69)(H,62,71)(H,63,72)(H,64,75)(H,65,70)/t35-,42-,43+,44-,45-,46-,52+/m0/s1. The number of hydrogen-bond acceptors (Lipinski definition) is 12. The van der Waals surface area contributed by atoms with Crippen LogP contribution in [-0.2, 0) is 52.8 Å². The van der Waals surface area contributed by atoms with E-state index in [1.54, 1.807) is 32.1 Å². The van der Waals surface area contributed by atoms with Crippen LogP contribution in [-0.4, -0.2) is 112 Å². The van der Waals surface area contributed by atoms with Crippen molar-refractivity contribution >= 4 is 58.6 Å². The summed E-state index contributed by atoms with van der Waals surface area (Å²) >= 11 is 1.57. The van der Waals surface area contributed by atoms with Gasteiger partial charge in [-0.15, -0.1) is 11.3 Å². The molecule has 420 valence electrons. The molecule has 18 nitrogen and oxygen atoms in total. The Kier molecular flexibility index (Phi) is 19.1. The van der Waals surface area contributed by atoms with Gasteiger partial charge >= 0.3 is 6.09 Å². The summed E-state index contributed by atoms with van der Waals surface area (Å²) in [7, 11) is 0. The Bertz CT molecular complexity index is 2840. The highest BCUT2D eigenvalue weighted by Crippen LogP contribution is 2.39. The van der Waals surface area contributed by atoms with E-state index in [1.165, 1.54) is 9.80 Å². The second kappa shape index (κ2) is 25.3. The minimum Gasteiger partial charge on any atom is -0.491 e. The zero-order valence-corrected chi connectivity index (χ0v) is 47.3. The normalized spacial score (nSPS) is 19.2. The van der Waals surface area contributed by atoms with Gasteiger partial charge in [-0.05, 0) is 125 Å². The van der Waals surface area contributed by atoms with E-state index in [9.17, 15) is 38.7 Å². The van der Waals surface area contributed by atoms with Crippen LogP contribution in [0.15, 0.2) is 66.2 Å². The molecule has 1 aromatic heterocycles. The molecule has 4 heterocycles. The van der Waals surface area contributed by atoms with Gasteiger partial charge in [0.05, 0.1) is 40.0 Å². The lowest BCUT2D eigenvalue weighted by atomic mass is 9.85. The van der Waals surface area contributed by atoms with E-state index >= 15 is 0 Å². The third-order valence-corrected chi connectivity index (χ3v) is 15.7. The molecule has 0 spiro atoms. The van der Waals surface area contributed by atoms with Gasteiger partial charge in [0.2, 0.25) is 35.4 Å². The van der Waals surface area contributed by atoms with Gasteiger partial charge in [0, 0.05) is 32.2 Å². The van der Waals surface area contributed by atoms with E-state index < -0.39 is 77.1 Å². The van der Waals surface area contributed by atoms with Crippen LogP contribution in [0.2, 0.25) is 0 Å². The molecule has 0 unspecified atom stereocenters. The average molecular weight is 1090 g/mol. The lowest BCUT2D eigenvalue weighted by Crippen LogP contribution is -2.57. The van der Waals surface area contributed by atoms with E-state index in [-0.39, 0.29) is 63.1 Å². The van der Waals surface area contributed by atoms with Crippen LogP contribution in [0, 0.1) is 19.3 Å². The Morgan fingerprint density at radius 2 is 1.58 bits per heavy atom. The second-order valence-electron chi connectivity index (χ2n) is 23.1. The Hall–Kier alpha value is -6.86. The molecule has 0 bridgehead atoms. The van der Waals surface area contributed by atoms with Crippen LogP contribution in [0.3, 0.4) is 0 Å². The van der Waals surface area contributed by atoms with Crippen LogP contribution >= 0.6 is 11.3 Å². The van der Waals surface area contributed by atoms with Crippen LogP contribution in [0.25, 0.3) is 10.4 Å². The average Bonchev–Trinajstić information content (AvgIpc) is 4.10. The van der Waals surface area contributed by atoms with Crippen molar-refractivity contribution in [2.75, 3.05) is 18.1 Å². The molecule has 19 heteroatoms. The number of nitrogens with two attached hydrogens (primary N) is 1. The zero-order valence-electron chi connectivity index (χ0n) is 46.5. The number of benzene rings is 3. The first-order chi connectivity index (χ1) is 36.9. The van der Waals surface area contributed by atoms with Gasteiger partial charge in [-0.2, -0.15) is 0 Å². The Morgan fingerprint density at radius 1 is 0.872 bits per heavy atom. The molecule has 7 rings (SSSR count). The summed E-state index contributed by atoms with van der Waals surface area (Å²) in [5.74, 6) is -1.83. The number of thiazole rings is 1. The molecule has 3 aliphatic rings. The van der Waals surface area contributed by atoms with Gasteiger partial charge in [0.25, 0.3) is 0 Å². The number of aliphatic hydroxyl groups excluding tert-OH is 1. The first-order valence-electron chi connectivity index (χ1n) is 27.2. The maximum Gasteiger partial charge on any atom is 0.408 e. The van der Waals surface area contributed by atoms with Gasteiger partial charge in [-0.1, -0.05) is 81.8 Å². The van der Waals surface area contributed by atoms with Crippen molar-refractivity contribution < 1.29 is 48.1 Å². The number of unbranched alkanes of at least 4 members (excludes halogenated alkanes) is 2. The number of nitrogens with zero attached hydrogens (tertiary/aromatic N) is 3. The number of amides is 7. The highest BCUT2D eigenvalue weighted by molar-refractivity contribution is 7.13. The van der Waals surface area contributed by atoms with Crippen molar-refractivity contribution in [2.24, 2.45) is 11.1 Å². The minimum atomic E-state index is -0.936. The molecule has 0 saturated carbocycles. The number of aromatic nitrogens is 1. The topological polar surface area (TPSA) is 252 Å². The summed E-state index contributed by atoms with van der Waals surface area (Å²) in [4.78, 5) is 103. The summed E-state index contributed by atoms with van der Waals surface area (Å²) in [5.41, 5.74) is 13.2. The van der Waals surface area contributed by atoms with E-state index in [4.69, 9.17) is 15.2 Å². The van der Waals surface area contributed by atoms with E-state index in [0.29, 0.717) is 37.1 Å². The van der Waals surface area contributed by atoms with Crippen LogP contribution in [0.5, 0.6) is 5.75 Å². The molecule has 3 aliphatic heterocycles. The molecule has 7 atom stereocenters. The van der Waals surface area contributed by atoms with Crippen LogP contribution in [0.1, 0.15) is 139 Å². The Balaban J connectivity index is 0.901. The number of anilines is 1. The third-order valence-electron chi connectivity index (χ3n) is 14.7. The molecule has 4 aromatic rings. The van der Waals surface area contributed by atoms with Gasteiger partial charge in [-0.3, -0.25) is 33.7 Å². The van der Waals surface area contributed by atoms with Crippen molar-refractivity contribution in [2.45, 2.75) is 181 Å². The lowest BCUT2D eigenvalue weighted by Gasteiger charge is -2.35. The fraction of sp³-hybridized carbons (Fsp3) is 0.525. The number of ether oxygens (including phenoxy) is 2. The number of alkyl carbamates (subject to hydrolysis) is 1. The number of para-hydroxylation sites is 1. The smallest absolute Gasteiger partial charge is 0.408 e. The van der Waals surface area contributed by atoms with E-state index in [2.05, 4.69) is 26.3 Å². The quantitative estimate of drug-likeness (QED) is 0.0472. The molecule has 1 fully saturated rings. The van der Waals surface area contributed by atoms with Crippen molar-refractivity contribution in [3.8, 4) is 16.2 Å². The van der Waals surface area contributed by atoms with E-state index in [0.717, 1.165) is 56.8 Å². The number of nitrogens with one attached hydrogen (secondary N) is 4. The number of aryl methyl sites for hydroxylation is 3. The predicted octanol–water partition coefficient (Wildman–Crippen LogP) is 6.83. The lowest BCUT2D eigenvalue weighted by molar-refractivity contribution is -0.144. The molecule has 7 N–H and O–H groups in total. The third kappa shape index (κ3) is 14.8. The highest BCUT2D eigenvalue weighted by Gasteiger charge is 2.46. The van der Waals surface area contributed by atoms with Crippen molar-refractivity contribution in [3.63, 3.8) is 0 Å². The molecule has 7 amide bonds. The molecule has 78 heavy (non-hydrogen) atoms. The maximum atomic E-state index is 14.3. The van der Waals surface area contributed by atoms with Crippen LogP contribution in [0.4, 0.5) is 10.5 Å². The molecule has 1 saturated heterocycles. The summed E-state index contributed by atoms with van der Waals surface area (Å²) in [5, 5.41) is 22.5. The SMILES string of the molecule is Cc1ncsc1-c1ccc([C@H](C)NC(=O)[C@@H]2C[C@@H](O)CN2C(=O)[C@@H](NC(=O)CCCCCc2cccc(OC[C@H](CCC(N)=O)NC(=O)[C@@H]3Cc4cccc5c4N3C(=O)[C@@H](NC(=O)OC(C)(C)C)CC5)c2C)C(C)(C)C)cc1. The van der Waals surface area contributed by atoms with Crippen molar-refractivity contribution in [3.05, 3.63) is 99.7 Å². The summed E-state index contributed by atoms with van der Waals surface area (Å²) in [6, 6.07) is 14.7. The number of likely N-dealkylation sites (tertiary alicyclic amines) is 1. The van der Waals surface area contributed by atoms with Crippen molar-refractivity contribution in [1.82, 2.24) is 31.2 Å². The first-order valence-corrected chi connectivity index (χ1v) is 28.1. The number of carbonyl (C=O) groups excluding carboxylic acids is 7. The van der Waals surface area contributed by atoms with E-state index in [1.807, 2.05) is 108 Å². The minimum absolute atomic E-state index is 0.00848. The van der Waals surface area contributed by atoms with Gasteiger partial charge in [0.1, 0.15) is 42.1 Å². The number of primary amides is 1. The fourth-order valence-corrected chi connectivity index (χ4v) is 11.4. The summed E-state index contributed by atoms with van der Waals surface area (Å²) in [6.07, 6.45) is 2.73. The Morgan fingerprint density at radius 3 is 2.26 bits per heavy atom. The summed E-state index contributed by atoms with van der Waals surface area (Å²) < 4.78 is 11.8. The van der Waals surface area contributed by atoms with Gasteiger partial charge in [0.15, 0.2) is 0 Å². The predicted molar refractivity (Wildman–Crippen MR) is 298 cm³/mol. The Labute approximate surface area is 462 Å². The molecule has 0 aliphatic carbocycles. The monoisotopic (exact) mass is 1090 g/mol. The van der Waals surface area contributed by atoms with Crippen molar-refractivity contribution in [1.29, 1.82) is 0 Å². The number of carbonyl (C=O) groups is 7. The number of β-amino-alcohol motifs (C(OH)–C–C–N with tert-alkyl or cyclic N) is 1. The number of rotatable bonds is 21. The van der Waals surface area contributed by atoms with Crippen LogP contribution < -0.4 is 36.6 Å². The second-order valence-corrected chi connectivity index (χ2v) is 23.9. The van der Waals surface area contributed by atoms with Gasteiger partial charge < -0.3 is 46.5 Å². The zero-order chi connectivity index (χ0) is 56.6. The maximum absolute atomic E-state index is 14.3. The van der Waals surface area contributed by atoms with Gasteiger partial charge in [-0.25, -0.2) is 9.78 Å². The largest absolute Gasteiger partial charge is 0.491 e. The molecule has 3 aromatic carbocycles. The summed E-state index contributed by atoms with van der Waals surface area (Å²) in [6.45, 7) is 16.6. The molecular weight excluding hydrogens is 1010 g/mol. The molecular formula is C59H78N8O10S.